The van der Waals surface area contributed by atoms with Crippen LogP contribution < -0.4 is 5.32 Å². The van der Waals surface area contributed by atoms with Gasteiger partial charge in [0.1, 0.15) is 0 Å². The lowest BCUT2D eigenvalue weighted by molar-refractivity contribution is 0.343. The van der Waals surface area contributed by atoms with Gasteiger partial charge in [0.25, 0.3) is 0 Å². The van der Waals surface area contributed by atoms with Crippen LogP contribution in [0, 0.1) is 5.92 Å². The summed E-state index contributed by atoms with van der Waals surface area (Å²) in [6, 6.07) is 0. The van der Waals surface area contributed by atoms with Crippen molar-refractivity contribution in [3.8, 4) is 0 Å². The first-order valence-electron chi connectivity index (χ1n) is 7.25. The lowest BCUT2D eigenvalue weighted by Crippen LogP contribution is -2.11. The van der Waals surface area contributed by atoms with Crippen LogP contribution in [0.25, 0.3) is 0 Å². The zero-order valence-corrected chi connectivity index (χ0v) is 12.9. The number of hydrogen-bond acceptors (Lipinski definition) is 3. The minimum Gasteiger partial charge on any atom is -0.315 e. The Morgan fingerprint density at radius 1 is 1.39 bits per heavy atom. The second-order valence-corrected chi connectivity index (χ2v) is 7.13. The maximum absolute atomic E-state index is 4.96. The number of rotatable bonds is 4. The van der Waals surface area contributed by atoms with Gasteiger partial charge in [0.2, 0.25) is 0 Å². The number of nitrogens with one attached hydrogen (secondary N) is 1. The minimum absolute atomic E-state index is 0.541. The van der Waals surface area contributed by atoms with Gasteiger partial charge in [-0.1, -0.05) is 33.6 Å². The van der Waals surface area contributed by atoms with E-state index in [-0.39, 0.29) is 0 Å². The van der Waals surface area contributed by atoms with Crippen molar-refractivity contribution in [3.63, 3.8) is 0 Å². The monoisotopic (exact) mass is 266 g/mol. The normalized spacial score (nSPS) is 24.7. The molecule has 0 radical (unpaired) electrons. The highest BCUT2D eigenvalue weighted by Gasteiger charge is 2.25. The van der Waals surface area contributed by atoms with E-state index in [4.69, 9.17) is 4.98 Å². The van der Waals surface area contributed by atoms with Gasteiger partial charge in [-0.05, 0) is 31.7 Å². The number of hydrogen-bond donors (Lipinski definition) is 1. The van der Waals surface area contributed by atoms with Crippen LogP contribution in [0.4, 0.5) is 0 Å². The molecule has 0 bridgehead atoms. The van der Waals surface area contributed by atoms with Crippen LogP contribution in [0.2, 0.25) is 0 Å². The van der Waals surface area contributed by atoms with E-state index in [2.05, 4.69) is 26.1 Å². The third-order valence-electron chi connectivity index (χ3n) is 3.91. The van der Waals surface area contributed by atoms with E-state index in [1.165, 1.54) is 41.3 Å². The Morgan fingerprint density at radius 3 is 2.78 bits per heavy atom. The molecule has 1 aromatic heterocycles. The Labute approximate surface area is 115 Å². The van der Waals surface area contributed by atoms with E-state index in [0.717, 1.165) is 18.4 Å². The maximum atomic E-state index is 4.96. The van der Waals surface area contributed by atoms with Crippen molar-refractivity contribution in [1.82, 2.24) is 10.3 Å². The highest BCUT2D eigenvalue weighted by Crippen LogP contribution is 2.39. The third-order valence-corrected chi connectivity index (χ3v) is 5.15. The highest BCUT2D eigenvalue weighted by atomic mass is 32.1. The summed E-state index contributed by atoms with van der Waals surface area (Å²) in [5, 5.41) is 4.67. The molecule has 0 amide bonds. The lowest BCUT2D eigenvalue weighted by atomic mass is 9.83. The van der Waals surface area contributed by atoms with Crippen molar-refractivity contribution < 1.29 is 0 Å². The summed E-state index contributed by atoms with van der Waals surface area (Å²) in [4.78, 5) is 6.41. The summed E-state index contributed by atoms with van der Waals surface area (Å²) in [6.07, 6.45) is 5.46. The average Bonchev–Trinajstić information content (AvgIpc) is 2.74. The van der Waals surface area contributed by atoms with Crippen LogP contribution in [0.5, 0.6) is 0 Å². The number of thiazole rings is 1. The van der Waals surface area contributed by atoms with Crippen molar-refractivity contribution in [2.24, 2.45) is 5.92 Å². The summed E-state index contributed by atoms with van der Waals surface area (Å²) in [5.41, 5.74) is 1.32. The first-order chi connectivity index (χ1) is 8.61. The van der Waals surface area contributed by atoms with Crippen molar-refractivity contribution in [3.05, 3.63) is 15.6 Å². The molecule has 102 valence electrons. The smallest absolute Gasteiger partial charge is 0.0962 e. The van der Waals surface area contributed by atoms with Gasteiger partial charge >= 0.3 is 0 Å². The summed E-state index contributed by atoms with van der Waals surface area (Å²) in [6.45, 7) is 7.86. The Kier molecular flexibility index (Phi) is 4.79. The van der Waals surface area contributed by atoms with Crippen LogP contribution in [0.15, 0.2) is 0 Å². The van der Waals surface area contributed by atoms with E-state index in [9.17, 15) is 0 Å². The fraction of sp³-hybridized carbons (Fsp3) is 0.800. The molecular weight excluding hydrogens is 240 g/mol. The zero-order chi connectivity index (χ0) is 13.1. The Hall–Kier alpha value is -0.410. The fourth-order valence-corrected chi connectivity index (χ4v) is 4.33. The summed E-state index contributed by atoms with van der Waals surface area (Å²) in [7, 11) is 2.02. The summed E-state index contributed by atoms with van der Waals surface area (Å²) >= 11 is 1.95. The van der Waals surface area contributed by atoms with E-state index >= 15 is 0 Å². The standard InChI is InChI=1S/C15H26N2S/c1-10(2)14-13(9-16-4)18-15(17-14)12-7-5-6-11(3)8-12/h10-12,16H,5-9H2,1-4H3. The molecule has 2 atom stereocenters. The molecule has 2 nitrogen and oxygen atoms in total. The van der Waals surface area contributed by atoms with Gasteiger partial charge in [-0.15, -0.1) is 11.3 Å². The molecule has 1 N–H and O–H groups in total. The Morgan fingerprint density at radius 2 is 2.17 bits per heavy atom. The van der Waals surface area contributed by atoms with Crippen molar-refractivity contribution in [1.29, 1.82) is 0 Å². The molecule has 0 saturated heterocycles. The molecule has 1 fully saturated rings. The predicted octanol–water partition coefficient (Wildman–Crippen LogP) is 4.28. The molecule has 0 spiro atoms. The van der Waals surface area contributed by atoms with Gasteiger partial charge in [0, 0.05) is 17.3 Å². The van der Waals surface area contributed by atoms with Crippen LogP contribution in [-0.4, -0.2) is 12.0 Å². The van der Waals surface area contributed by atoms with Crippen molar-refractivity contribution in [2.45, 2.75) is 64.8 Å². The molecule has 1 aliphatic rings. The minimum atomic E-state index is 0.541. The van der Waals surface area contributed by atoms with Gasteiger partial charge in [-0.2, -0.15) is 0 Å². The van der Waals surface area contributed by atoms with E-state index < -0.39 is 0 Å². The van der Waals surface area contributed by atoms with Gasteiger partial charge in [0.15, 0.2) is 0 Å². The van der Waals surface area contributed by atoms with Gasteiger partial charge in [-0.3, -0.25) is 0 Å². The zero-order valence-electron chi connectivity index (χ0n) is 12.1. The Bertz CT molecular complexity index is 384. The molecular formula is C15H26N2S. The molecule has 2 unspecified atom stereocenters. The third kappa shape index (κ3) is 3.12. The topological polar surface area (TPSA) is 24.9 Å². The van der Waals surface area contributed by atoms with Gasteiger partial charge in [0.05, 0.1) is 10.7 Å². The van der Waals surface area contributed by atoms with Crippen LogP contribution >= 0.6 is 11.3 Å². The van der Waals surface area contributed by atoms with E-state index in [1.54, 1.807) is 0 Å². The molecule has 2 rings (SSSR count). The molecule has 1 heterocycles. The maximum Gasteiger partial charge on any atom is 0.0962 e. The van der Waals surface area contributed by atoms with Crippen molar-refractivity contribution >= 4 is 11.3 Å². The first-order valence-corrected chi connectivity index (χ1v) is 8.07. The predicted molar refractivity (Wildman–Crippen MR) is 79.3 cm³/mol. The number of nitrogens with zero attached hydrogens (tertiary/aromatic N) is 1. The first kappa shape index (κ1) is 14.0. The lowest BCUT2D eigenvalue weighted by Gasteiger charge is -2.24. The molecule has 1 saturated carbocycles. The molecule has 0 aliphatic heterocycles. The molecule has 1 aliphatic carbocycles. The van der Waals surface area contributed by atoms with Crippen molar-refractivity contribution in [2.75, 3.05) is 7.05 Å². The van der Waals surface area contributed by atoms with E-state index in [0.29, 0.717) is 5.92 Å². The summed E-state index contributed by atoms with van der Waals surface area (Å²) in [5.74, 6) is 2.14. The molecule has 18 heavy (non-hydrogen) atoms. The van der Waals surface area contributed by atoms with Crippen LogP contribution in [0.1, 0.15) is 73.9 Å². The largest absolute Gasteiger partial charge is 0.315 e. The molecule has 3 heteroatoms. The second kappa shape index (κ2) is 6.16. The van der Waals surface area contributed by atoms with Gasteiger partial charge < -0.3 is 5.32 Å². The van der Waals surface area contributed by atoms with Gasteiger partial charge in [-0.25, -0.2) is 4.98 Å². The summed E-state index contributed by atoms with van der Waals surface area (Å²) < 4.78 is 0. The molecule has 1 aromatic rings. The fourth-order valence-electron chi connectivity index (χ4n) is 2.95. The van der Waals surface area contributed by atoms with Crippen LogP contribution in [-0.2, 0) is 6.54 Å². The SMILES string of the molecule is CNCc1sc(C2CCCC(C)C2)nc1C(C)C. The number of aromatic nitrogens is 1. The average molecular weight is 266 g/mol. The second-order valence-electron chi connectivity index (χ2n) is 6.01. The van der Waals surface area contributed by atoms with Crippen LogP contribution in [0.3, 0.4) is 0 Å². The Balaban J connectivity index is 2.19. The van der Waals surface area contributed by atoms with E-state index in [1.807, 2.05) is 18.4 Å². The molecule has 0 aromatic carbocycles. The highest BCUT2D eigenvalue weighted by molar-refractivity contribution is 7.11. The quantitative estimate of drug-likeness (QED) is 0.880.